The molecule has 1 atom stereocenters. The molecular weight excluding hydrogens is 254 g/mol. The molecule has 0 heterocycles. The first-order valence-electron chi connectivity index (χ1n) is 9.90. The lowest BCUT2D eigenvalue weighted by Crippen LogP contribution is -2.44. The Kier molecular flexibility index (Phi) is 10.4. The summed E-state index contributed by atoms with van der Waals surface area (Å²) in [6.07, 6.45) is 20.0. The monoisotopic (exact) mass is 295 g/mol. The highest BCUT2D eigenvalue weighted by molar-refractivity contribution is 4.87. The third kappa shape index (κ3) is 8.86. The van der Waals surface area contributed by atoms with Crippen LogP contribution in [0.4, 0.5) is 0 Å². The maximum atomic E-state index is 3.84. The fraction of sp³-hybridized carbons (Fsp3) is 1.00. The Morgan fingerprint density at radius 3 is 1.95 bits per heavy atom. The van der Waals surface area contributed by atoms with Gasteiger partial charge in [0.1, 0.15) is 0 Å². The largest absolute Gasteiger partial charge is 0.313 e. The number of unbranched alkanes of at least 4 members (excludes halogenated alkanes) is 9. The Hall–Kier alpha value is -0.0400. The van der Waals surface area contributed by atoms with Crippen LogP contribution in [0, 0.1) is 5.41 Å². The van der Waals surface area contributed by atoms with Gasteiger partial charge in [-0.3, -0.25) is 0 Å². The standard InChI is InChI=1S/C20H41N/c1-4-5-6-7-8-9-10-11-12-15-18-21-19-16-13-14-17-20(19,2)3/h19,21H,4-18H2,1-3H3. The van der Waals surface area contributed by atoms with Crippen LogP contribution in [-0.2, 0) is 0 Å². The molecule has 1 fully saturated rings. The van der Waals surface area contributed by atoms with Crippen molar-refractivity contribution in [2.45, 2.75) is 117 Å². The van der Waals surface area contributed by atoms with Gasteiger partial charge in [0.15, 0.2) is 0 Å². The van der Waals surface area contributed by atoms with Crippen molar-refractivity contribution in [3.05, 3.63) is 0 Å². The summed E-state index contributed by atoms with van der Waals surface area (Å²) in [4.78, 5) is 0. The molecule has 1 unspecified atom stereocenters. The van der Waals surface area contributed by atoms with Gasteiger partial charge in [-0.2, -0.15) is 0 Å². The molecule has 0 bridgehead atoms. The third-order valence-electron chi connectivity index (χ3n) is 5.43. The predicted octanol–water partition coefficient (Wildman–Crippen LogP) is 6.47. The van der Waals surface area contributed by atoms with E-state index in [0.29, 0.717) is 5.41 Å². The van der Waals surface area contributed by atoms with E-state index in [1.165, 1.54) is 96.4 Å². The van der Waals surface area contributed by atoms with Gasteiger partial charge in [-0.1, -0.05) is 91.4 Å². The Bertz CT molecular complexity index is 234. The minimum atomic E-state index is 0.525. The highest BCUT2D eigenvalue weighted by Gasteiger charge is 2.31. The van der Waals surface area contributed by atoms with E-state index in [1.54, 1.807) is 0 Å². The van der Waals surface area contributed by atoms with Crippen molar-refractivity contribution in [3.8, 4) is 0 Å². The van der Waals surface area contributed by atoms with E-state index in [9.17, 15) is 0 Å². The maximum absolute atomic E-state index is 3.84. The van der Waals surface area contributed by atoms with E-state index in [-0.39, 0.29) is 0 Å². The number of nitrogens with one attached hydrogen (secondary N) is 1. The van der Waals surface area contributed by atoms with Gasteiger partial charge in [-0.15, -0.1) is 0 Å². The van der Waals surface area contributed by atoms with Crippen LogP contribution < -0.4 is 5.32 Å². The molecule has 126 valence electrons. The molecule has 0 saturated heterocycles. The summed E-state index contributed by atoms with van der Waals surface area (Å²) in [5, 5.41) is 3.84. The van der Waals surface area contributed by atoms with Crippen molar-refractivity contribution in [1.82, 2.24) is 5.32 Å². The van der Waals surface area contributed by atoms with E-state index in [4.69, 9.17) is 0 Å². The summed E-state index contributed by atoms with van der Waals surface area (Å²) in [5.74, 6) is 0. The molecule has 0 aromatic carbocycles. The summed E-state index contributed by atoms with van der Waals surface area (Å²) in [5.41, 5.74) is 0.525. The van der Waals surface area contributed by atoms with Gasteiger partial charge in [-0.25, -0.2) is 0 Å². The molecule has 21 heavy (non-hydrogen) atoms. The van der Waals surface area contributed by atoms with Crippen molar-refractivity contribution in [2.24, 2.45) is 5.41 Å². The molecule has 0 aromatic heterocycles. The topological polar surface area (TPSA) is 12.0 Å². The second-order valence-corrected chi connectivity index (χ2v) is 7.92. The molecule has 0 amide bonds. The molecule has 1 N–H and O–H groups in total. The van der Waals surface area contributed by atoms with Crippen molar-refractivity contribution in [3.63, 3.8) is 0 Å². The quantitative estimate of drug-likeness (QED) is 0.407. The summed E-state index contributed by atoms with van der Waals surface area (Å²) < 4.78 is 0. The van der Waals surface area contributed by atoms with Crippen LogP contribution in [0.1, 0.15) is 111 Å². The van der Waals surface area contributed by atoms with Gasteiger partial charge in [0.05, 0.1) is 0 Å². The van der Waals surface area contributed by atoms with E-state index in [1.807, 2.05) is 0 Å². The Morgan fingerprint density at radius 2 is 1.38 bits per heavy atom. The summed E-state index contributed by atoms with van der Waals surface area (Å²) in [6, 6.07) is 0.768. The van der Waals surface area contributed by atoms with Crippen LogP contribution in [0.2, 0.25) is 0 Å². The zero-order chi connectivity index (χ0) is 15.4. The molecule has 1 nitrogen and oxygen atoms in total. The zero-order valence-corrected chi connectivity index (χ0v) is 15.2. The maximum Gasteiger partial charge on any atom is 0.0118 e. The molecule has 1 rings (SSSR count). The Labute approximate surface area is 134 Å². The van der Waals surface area contributed by atoms with Crippen LogP contribution >= 0.6 is 0 Å². The average Bonchev–Trinajstić information content (AvgIpc) is 2.46. The summed E-state index contributed by atoms with van der Waals surface area (Å²) >= 11 is 0. The van der Waals surface area contributed by atoms with Crippen LogP contribution in [-0.4, -0.2) is 12.6 Å². The van der Waals surface area contributed by atoms with Crippen molar-refractivity contribution >= 4 is 0 Å². The van der Waals surface area contributed by atoms with Crippen LogP contribution in [0.3, 0.4) is 0 Å². The zero-order valence-electron chi connectivity index (χ0n) is 15.2. The molecule has 0 aromatic rings. The van der Waals surface area contributed by atoms with Gasteiger partial charge in [0.2, 0.25) is 0 Å². The van der Waals surface area contributed by atoms with E-state index >= 15 is 0 Å². The third-order valence-corrected chi connectivity index (χ3v) is 5.43. The van der Waals surface area contributed by atoms with E-state index in [0.717, 1.165) is 6.04 Å². The smallest absolute Gasteiger partial charge is 0.0118 e. The lowest BCUT2D eigenvalue weighted by molar-refractivity contribution is 0.167. The van der Waals surface area contributed by atoms with Gasteiger partial charge >= 0.3 is 0 Å². The van der Waals surface area contributed by atoms with Crippen molar-refractivity contribution < 1.29 is 0 Å². The second kappa shape index (κ2) is 11.5. The van der Waals surface area contributed by atoms with Gasteiger partial charge in [0, 0.05) is 6.04 Å². The second-order valence-electron chi connectivity index (χ2n) is 7.92. The summed E-state index contributed by atoms with van der Waals surface area (Å²) in [7, 11) is 0. The lowest BCUT2D eigenvalue weighted by atomic mass is 9.73. The normalized spacial score (nSPS) is 21.6. The molecule has 0 radical (unpaired) electrons. The van der Waals surface area contributed by atoms with Gasteiger partial charge < -0.3 is 5.32 Å². The van der Waals surface area contributed by atoms with Crippen molar-refractivity contribution in [1.29, 1.82) is 0 Å². The Morgan fingerprint density at radius 1 is 0.810 bits per heavy atom. The van der Waals surface area contributed by atoms with Crippen LogP contribution in [0.5, 0.6) is 0 Å². The average molecular weight is 296 g/mol. The van der Waals surface area contributed by atoms with Crippen molar-refractivity contribution in [2.75, 3.05) is 6.54 Å². The summed E-state index contributed by atoms with van der Waals surface area (Å²) in [6.45, 7) is 8.43. The predicted molar refractivity (Wildman–Crippen MR) is 95.9 cm³/mol. The first kappa shape index (κ1) is 19.0. The molecule has 0 spiro atoms. The molecule has 1 aliphatic carbocycles. The van der Waals surface area contributed by atoms with E-state index < -0.39 is 0 Å². The molecule has 1 saturated carbocycles. The first-order valence-corrected chi connectivity index (χ1v) is 9.90. The number of hydrogen-bond acceptors (Lipinski definition) is 1. The minimum Gasteiger partial charge on any atom is -0.313 e. The van der Waals surface area contributed by atoms with Gasteiger partial charge in [-0.05, 0) is 31.2 Å². The lowest BCUT2D eigenvalue weighted by Gasteiger charge is -2.39. The van der Waals surface area contributed by atoms with E-state index in [2.05, 4.69) is 26.1 Å². The molecule has 1 aliphatic rings. The number of hydrogen-bond donors (Lipinski definition) is 1. The van der Waals surface area contributed by atoms with Crippen LogP contribution in [0.25, 0.3) is 0 Å². The molecule has 0 aliphatic heterocycles. The van der Waals surface area contributed by atoms with Gasteiger partial charge in [0.25, 0.3) is 0 Å². The first-order chi connectivity index (χ1) is 10.2. The SMILES string of the molecule is CCCCCCCCCCCCNC1CCCCC1(C)C. The number of rotatable bonds is 12. The fourth-order valence-electron chi connectivity index (χ4n) is 3.76. The highest BCUT2D eigenvalue weighted by atomic mass is 14.9. The minimum absolute atomic E-state index is 0.525. The fourth-order valence-corrected chi connectivity index (χ4v) is 3.76. The Balaban J connectivity index is 1.86. The van der Waals surface area contributed by atoms with Crippen LogP contribution in [0.15, 0.2) is 0 Å². The molecule has 1 heteroatoms. The molecular formula is C20H41N. The highest BCUT2D eigenvalue weighted by Crippen LogP contribution is 2.35.